The fraction of sp³-hybridized carbons (Fsp3) is 0.182. The lowest BCUT2D eigenvalue weighted by atomic mass is 10.1. The first-order valence-electron chi connectivity index (χ1n) is 9.44. The van der Waals surface area contributed by atoms with Crippen molar-refractivity contribution < 1.29 is 9.32 Å². The molecule has 8 heteroatoms. The van der Waals surface area contributed by atoms with Crippen LogP contribution in [-0.4, -0.2) is 20.6 Å². The highest BCUT2D eigenvalue weighted by Gasteiger charge is 2.17. The topological polar surface area (TPSA) is 90.0 Å². The van der Waals surface area contributed by atoms with Gasteiger partial charge in [-0.15, -0.1) is 0 Å². The number of rotatable bonds is 6. The van der Waals surface area contributed by atoms with Gasteiger partial charge in [-0.05, 0) is 24.6 Å². The molecular weight excluding hydrogens is 404 g/mol. The average Bonchev–Trinajstić information content (AvgIpc) is 3.17. The fourth-order valence-corrected chi connectivity index (χ4v) is 3.32. The van der Waals surface area contributed by atoms with Gasteiger partial charge in [0.15, 0.2) is 0 Å². The van der Waals surface area contributed by atoms with E-state index in [2.05, 4.69) is 15.5 Å². The van der Waals surface area contributed by atoms with Crippen LogP contribution in [0.4, 0.5) is 0 Å². The van der Waals surface area contributed by atoms with Crippen molar-refractivity contribution in [3.63, 3.8) is 0 Å². The summed E-state index contributed by atoms with van der Waals surface area (Å²) in [6, 6.07) is 14.9. The maximum absolute atomic E-state index is 13.0. The molecule has 152 valence electrons. The quantitative estimate of drug-likeness (QED) is 0.511. The number of halogens is 1. The number of nitrogens with zero attached hydrogens (tertiary/aromatic N) is 3. The number of aromatic nitrogens is 3. The number of amides is 1. The van der Waals surface area contributed by atoms with E-state index >= 15 is 0 Å². The largest absolute Gasteiger partial charge is 0.352 e. The Kier molecular flexibility index (Phi) is 5.63. The lowest BCUT2D eigenvalue weighted by Crippen LogP contribution is -2.27. The molecule has 0 saturated heterocycles. The Hall–Kier alpha value is -3.45. The van der Waals surface area contributed by atoms with Gasteiger partial charge in [0.1, 0.15) is 17.4 Å². The van der Waals surface area contributed by atoms with E-state index < -0.39 is 0 Å². The molecule has 4 rings (SSSR count). The monoisotopic (exact) mass is 422 g/mol. The predicted octanol–water partition coefficient (Wildman–Crippen LogP) is 3.72. The van der Waals surface area contributed by atoms with Crippen LogP contribution in [0.5, 0.6) is 0 Å². The minimum Gasteiger partial charge on any atom is -0.352 e. The number of hydrogen-bond acceptors (Lipinski definition) is 5. The molecule has 7 nitrogen and oxygen atoms in total. The average molecular weight is 423 g/mol. The first kappa shape index (κ1) is 19.8. The third-order valence-electron chi connectivity index (χ3n) is 4.75. The number of hydrogen-bond donors (Lipinski definition) is 1. The molecule has 2 aromatic heterocycles. The van der Waals surface area contributed by atoms with Crippen molar-refractivity contribution in [3.05, 3.63) is 81.4 Å². The zero-order valence-corrected chi connectivity index (χ0v) is 17.0. The highest BCUT2D eigenvalue weighted by molar-refractivity contribution is 6.30. The fourth-order valence-electron chi connectivity index (χ4n) is 3.11. The molecule has 4 aromatic rings. The number of benzene rings is 2. The number of carbonyl (C=O) groups excluding carboxylic acids is 1. The van der Waals surface area contributed by atoms with E-state index in [0.29, 0.717) is 22.6 Å². The Balaban J connectivity index is 1.48. The second-order valence-corrected chi connectivity index (χ2v) is 7.41. The first-order valence-corrected chi connectivity index (χ1v) is 9.82. The Bertz CT molecular complexity index is 1260. The molecular formula is C22H19ClN4O3. The Morgan fingerprint density at radius 3 is 2.77 bits per heavy atom. The van der Waals surface area contributed by atoms with E-state index in [-0.39, 0.29) is 30.1 Å². The van der Waals surface area contributed by atoms with Gasteiger partial charge in [0.05, 0.1) is 0 Å². The standard InChI is InChI=1S/C22H19ClN4O3/c1-14-5-7-16(8-6-14)20-19-21(30-26-20)25-13-27(22(19)29)10-9-18(28)24-12-15-3-2-4-17(23)11-15/h2-8,11,13H,9-10,12H2,1H3,(H,24,28). The highest BCUT2D eigenvalue weighted by atomic mass is 35.5. The van der Waals surface area contributed by atoms with Crippen LogP contribution in [0.25, 0.3) is 22.4 Å². The molecule has 1 amide bonds. The summed E-state index contributed by atoms with van der Waals surface area (Å²) in [7, 11) is 0. The van der Waals surface area contributed by atoms with Crippen LogP contribution in [-0.2, 0) is 17.9 Å². The number of nitrogens with one attached hydrogen (secondary N) is 1. The summed E-state index contributed by atoms with van der Waals surface area (Å²) in [5.41, 5.74) is 3.11. The third kappa shape index (κ3) is 4.26. The minimum atomic E-state index is -0.292. The molecule has 0 bridgehead atoms. The lowest BCUT2D eigenvalue weighted by Gasteiger charge is -2.07. The summed E-state index contributed by atoms with van der Waals surface area (Å²) in [5.74, 6) is -0.175. The van der Waals surface area contributed by atoms with Gasteiger partial charge in [-0.25, -0.2) is 4.98 Å². The van der Waals surface area contributed by atoms with E-state index in [9.17, 15) is 9.59 Å². The van der Waals surface area contributed by atoms with E-state index in [1.54, 1.807) is 12.1 Å². The number of carbonyl (C=O) groups is 1. The van der Waals surface area contributed by atoms with Crippen LogP contribution >= 0.6 is 11.6 Å². The molecule has 0 fully saturated rings. The van der Waals surface area contributed by atoms with Crippen molar-refractivity contribution in [1.82, 2.24) is 20.0 Å². The maximum Gasteiger partial charge on any atom is 0.266 e. The van der Waals surface area contributed by atoms with Gasteiger partial charge in [0.2, 0.25) is 5.91 Å². The van der Waals surface area contributed by atoms with Crippen LogP contribution in [0.1, 0.15) is 17.5 Å². The summed E-state index contributed by atoms with van der Waals surface area (Å²) < 4.78 is 6.63. The molecule has 0 radical (unpaired) electrons. The normalized spacial score (nSPS) is 11.0. The highest BCUT2D eigenvalue weighted by Crippen LogP contribution is 2.24. The van der Waals surface area contributed by atoms with Gasteiger partial charge in [0.25, 0.3) is 11.3 Å². The minimum absolute atomic E-state index is 0.138. The molecule has 0 unspecified atom stereocenters. The van der Waals surface area contributed by atoms with E-state index in [4.69, 9.17) is 16.1 Å². The van der Waals surface area contributed by atoms with Crippen molar-refractivity contribution in [3.8, 4) is 11.3 Å². The van der Waals surface area contributed by atoms with Crippen molar-refractivity contribution in [1.29, 1.82) is 0 Å². The summed E-state index contributed by atoms with van der Waals surface area (Å²) in [5, 5.41) is 7.77. The summed E-state index contributed by atoms with van der Waals surface area (Å²) in [6.07, 6.45) is 1.51. The molecule has 0 aliphatic heterocycles. The molecule has 30 heavy (non-hydrogen) atoms. The molecule has 2 heterocycles. The molecule has 0 aliphatic rings. The Labute approximate surface area is 177 Å². The first-order chi connectivity index (χ1) is 14.5. The maximum atomic E-state index is 13.0. The summed E-state index contributed by atoms with van der Waals surface area (Å²) in [4.78, 5) is 29.3. The van der Waals surface area contributed by atoms with Crippen molar-refractivity contribution >= 4 is 28.6 Å². The van der Waals surface area contributed by atoms with Crippen LogP contribution in [0.2, 0.25) is 5.02 Å². The van der Waals surface area contributed by atoms with E-state index in [1.807, 2.05) is 43.3 Å². The van der Waals surface area contributed by atoms with Crippen molar-refractivity contribution in [2.75, 3.05) is 0 Å². The zero-order valence-electron chi connectivity index (χ0n) is 16.3. The zero-order chi connectivity index (χ0) is 21.1. The lowest BCUT2D eigenvalue weighted by molar-refractivity contribution is -0.121. The predicted molar refractivity (Wildman–Crippen MR) is 114 cm³/mol. The Morgan fingerprint density at radius 1 is 1.20 bits per heavy atom. The molecule has 2 aromatic carbocycles. The van der Waals surface area contributed by atoms with E-state index in [1.165, 1.54) is 10.9 Å². The molecule has 1 N–H and O–H groups in total. The van der Waals surface area contributed by atoms with Crippen molar-refractivity contribution in [2.45, 2.75) is 26.4 Å². The number of fused-ring (bicyclic) bond motifs is 1. The molecule has 0 atom stereocenters. The van der Waals surface area contributed by atoms with Crippen molar-refractivity contribution in [2.24, 2.45) is 0 Å². The van der Waals surface area contributed by atoms with Gasteiger partial charge in [-0.3, -0.25) is 14.2 Å². The second kappa shape index (κ2) is 8.51. The molecule has 0 spiro atoms. The van der Waals surface area contributed by atoms with Gasteiger partial charge in [-0.2, -0.15) is 0 Å². The third-order valence-corrected chi connectivity index (χ3v) is 4.98. The second-order valence-electron chi connectivity index (χ2n) is 6.98. The SMILES string of the molecule is Cc1ccc(-c2noc3ncn(CCC(=O)NCc4cccc(Cl)c4)c(=O)c23)cc1. The smallest absolute Gasteiger partial charge is 0.266 e. The number of aryl methyl sites for hydroxylation is 2. The van der Waals surface area contributed by atoms with E-state index in [0.717, 1.165) is 16.7 Å². The summed E-state index contributed by atoms with van der Waals surface area (Å²) in [6.45, 7) is 2.55. The Morgan fingerprint density at radius 2 is 2.00 bits per heavy atom. The van der Waals surface area contributed by atoms with Crippen LogP contribution in [0.15, 0.2) is 64.2 Å². The van der Waals surface area contributed by atoms with Crippen LogP contribution < -0.4 is 10.9 Å². The van der Waals surface area contributed by atoms with Crippen LogP contribution in [0.3, 0.4) is 0 Å². The molecule has 0 saturated carbocycles. The van der Waals surface area contributed by atoms with Gasteiger partial charge >= 0.3 is 0 Å². The summed E-state index contributed by atoms with van der Waals surface area (Å²) >= 11 is 5.95. The van der Waals surface area contributed by atoms with Gasteiger partial charge in [-0.1, -0.05) is 58.7 Å². The molecule has 0 aliphatic carbocycles. The van der Waals surface area contributed by atoms with Gasteiger partial charge in [0, 0.05) is 30.1 Å². The van der Waals surface area contributed by atoms with Gasteiger partial charge < -0.3 is 9.84 Å². The van der Waals surface area contributed by atoms with Crippen LogP contribution in [0, 0.1) is 6.92 Å².